The second-order valence-electron chi connectivity index (χ2n) is 5.22. The van der Waals surface area contributed by atoms with Crippen molar-refractivity contribution < 1.29 is 5.11 Å². The van der Waals surface area contributed by atoms with Crippen molar-refractivity contribution in [3.8, 4) is 0 Å². The fourth-order valence-electron chi connectivity index (χ4n) is 3.13. The third kappa shape index (κ3) is 1.61. The summed E-state index contributed by atoms with van der Waals surface area (Å²) in [6, 6.07) is 8.63. The van der Waals surface area contributed by atoms with Gasteiger partial charge < -0.3 is 10.4 Å². The number of rotatable bonds is 1. The summed E-state index contributed by atoms with van der Waals surface area (Å²) in [6.45, 7) is 0. The van der Waals surface area contributed by atoms with Gasteiger partial charge in [0.25, 0.3) is 0 Å². The Morgan fingerprint density at radius 1 is 1.12 bits per heavy atom. The highest BCUT2D eigenvalue weighted by Crippen LogP contribution is 2.38. The van der Waals surface area contributed by atoms with E-state index in [1.807, 2.05) is 0 Å². The lowest BCUT2D eigenvalue weighted by Crippen LogP contribution is -2.47. The van der Waals surface area contributed by atoms with Crippen LogP contribution in [0.25, 0.3) is 0 Å². The molecule has 2 aliphatic rings. The minimum atomic E-state index is -0.475. The van der Waals surface area contributed by atoms with Crippen LogP contribution in [0.2, 0.25) is 0 Å². The molecule has 1 aromatic carbocycles. The van der Waals surface area contributed by atoms with Crippen LogP contribution in [-0.2, 0) is 6.42 Å². The highest BCUT2D eigenvalue weighted by molar-refractivity contribution is 5.57. The lowest BCUT2D eigenvalue weighted by Gasteiger charge is -2.37. The lowest BCUT2D eigenvalue weighted by molar-refractivity contribution is -0.0116. The van der Waals surface area contributed by atoms with Gasteiger partial charge in [0.15, 0.2) is 0 Å². The van der Waals surface area contributed by atoms with Crippen LogP contribution in [0.3, 0.4) is 0 Å². The van der Waals surface area contributed by atoms with Gasteiger partial charge in [-0.05, 0) is 30.9 Å². The van der Waals surface area contributed by atoms with E-state index >= 15 is 0 Å². The van der Waals surface area contributed by atoms with Crippen molar-refractivity contribution in [2.45, 2.75) is 50.2 Å². The number of hydrogen-bond donors (Lipinski definition) is 2. The van der Waals surface area contributed by atoms with Gasteiger partial charge in [-0.25, -0.2) is 0 Å². The van der Waals surface area contributed by atoms with Crippen LogP contribution in [0, 0.1) is 0 Å². The molecule has 86 valence electrons. The van der Waals surface area contributed by atoms with Gasteiger partial charge >= 0.3 is 0 Å². The summed E-state index contributed by atoms with van der Waals surface area (Å²) in [5.41, 5.74) is 2.09. The predicted octanol–water partition coefficient (Wildman–Crippen LogP) is 2.72. The Labute approximate surface area is 96.7 Å². The van der Waals surface area contributed by atoms with Crippen molar-refractivity contribution in [1.82, 2.24) is 0 Å². The third-order valence-corrected chi connectivity index (χ3v) is 4.14. The van der Waals surface area contributed by atoms with Crippen LogP contribution in [0.1, 0.15) is 37.7 Å². The molecule has 2 heteroatoms. The highest BCUT2D eigenvalue weighted by atomic mass is 16.3. The molecule has 1 fully saturated rings. The van der Waals surface area contributed by atoms with E-state index in [2.05, 4.69) is 29.6 Å². The molecule has 1 unspecified atom stereocenters. The summed E-state index contributed by atoms with van der Waals surface area (Å²) in [5, 5.41) is 14.2. The molecule has 0 radical (unpaired) electrons. The van der Waals surface area contributed by atoms with Gasteiger partial charge in [0.1, 0.15) is 0 Å². The first kappa shape index (κ1) is 10.2. The second kappa shape index (κ2) is 3.77. The largest absolute Gasteiger partial charge is 0.388 e. The Kier molecular flexibility index (Phi) is 2.40. The fraction of sp³-hybridized carbons (Fsp3) is 0.571. The quantitative estimate of drug-likeness (QED) is 0.758. The second-order valence-corrected chi connectivity index (χ2v) is 5.22. The Morgan fingerprint density at radius 2 is 1.88 bits per heavy atom. The predicted molar refractivity (Wildman–Crippen MR) is 65.6 cm³/mol. The number of para-hydroxylation sites is 1. The van der Waals surface area contributed by atoms with Gasteiger partial charge in [0, 0.05) is 5.69 Å². The maximum absolute atomic E-state index is 10.7. The van der Waals surface area contributed by atoms with Crippen LogP contribution in [-0.4, -0.2) is 16.7 Å². The van der Waals surface area contributed by atoms with Crippen molar-refractivity contribution in [3.63, 3.8) is 0 Å². The van der Waals surface area contributed by atoms with E-state index in [1.165, 1.54) is 30.5 Å². The van der Waals surface area contributed by atoms with Crippen LogP contribution >= 0.6 is 0 Å². The van der Waals surface area contributed by atoms with Crippen LogP contribution < -0.4 is 5.32 Å². The molecular formula is C14H19NO. The van der Waals surface area contributed by atoms with E-state index in [0.29, 0.717) is 0 Å². The van der Waals surface area contributed by atoms with Crippen LogP contribution in [0.4, 0.5) is 5.69 Å². The summed E-state index contributed by atoms with van der Waals surface area (Å²) in [7, 11) is 0. The number of aliphatic hydroxyl groups is 1. The van der Waals surface area contributed by atoms with Crippen molar-refractivity contribution >= 4 is 5.69 Å². The highest BCUT2D eigenvalue weighted by Gasteiger charge is 2.40. The first-order chi connectivity index (χ1) is 7.78. The van der Waals surface area contributed by atoms with Gasteiger partial charge in [0.05, 0.1) is 11.6 Å². The molecule has 2 N–H and O–H groups in total. The molecule has 0 spiro atoms. The number of hydrogen-bond acceptors (Lipinski definition) is 2. The Balaban J connectivity index is 1.80. The molecular weight excluding hydrogens is 198 g/mol. The molecule has 1 saturated carbocycles. The van der Waals surface area contributed by atoms with Gasteiger partial charge in [-0.2, -0.15) is 0 Å². The molecule has 0 amide bonds. The molecule has 0 saturated heterocycles. The van der Waals surface area contributed by atoms with Crippen molar-refractivity contribution in [2.75, 3.05) is 5.32 Å². The standard InChI is InChI=1S/C14H19NO/c16-14(8-4-1-5-9-14)13-10-11-6-2-3-7-12(11)15-13/h2-3,6-7,13,15-16H,1,4-5,8-10H2. The molecule has 1 atom stereocenters. The average molecular weight is 217 g/mol. The van der Waals surface area contributed by atoms with E-state index in [1.54, 1.807) is 0 Å². The molecule has 16 heavy (non-hydrogen) atoms. The maximum Gasteiger partial charge on any atom is 0.0851 e. The topological polar surface area (TPSA) is 32.3 Å². The summed E-state index contributed by atoms with van der Waals surface area (Å²) < 4.78 is 0. The monoisotopic (exact) mass is 217 g/mol. The van der Waals surface area contributed by atoms with E-state index in [9.17, 15) is 5.11 Å². The van der Waals surface area contributed by atoms with Gasteiger partial charge in [-0.1, -0.05) is 37.5 Å². The zero-order chi connectivity index (χ0) is 11.0. The van der Waals surface area contributed by atoms with Gasteiger partial charge in [-0.15, -0.1) is 0 Å². The molecule has 3 rings (SSSR count). The zero-order valence-corrected chi connectivity index (χ0v) is 9.58. The van der Waals surface area contributed by atoms with E-state index < -0.39 is 5.60 Å². The maximum atomic E-state index is 10.7. The van der Waals surface area contributed by atoms with E-state index in [0.717, 1.165) is 19.3 Å². The Bertz CT molecular complexity index is 357. The number of benzene rings is 1. The number of nitrogens with one attached hydrogen (secondary N) is 1. The molecule has 2 nitrogen and oxygen atoms in total. The summed E-state index contributed by atoms with van der Waals surface area (Å²) in [6.07, 6.45) is 6.52. The number of anilines is 1. The molecule has 1 heterocycles. The summed E-state index contributed by atoms with van der Waals surface area (Å²) in [4.78, 5) is 0. The van der Waals surface area contributed by atoms with Crippen molar-refractivity contribution in [3.05, 3.63) is 29.8 Å². The van der Waals surface area contributed by atoms with Crippen molar-refractivity contribution in [2.24, 2.45) is 0 Å². The third-order valence-electron chi connectivity index (χ3n) is 4.14. The minimum Gasteiger partial charge on any atom is -0.388 e. The smallest absolute Gasteiger partial charge is 0.0851 e. The zero-order valence-electron chi connectivity index (χ0n) is 9.58. The molecule has 1 aromatic rings. The first-order valence-corrected chi connectivity index (χ1v) is 6.35. The van der Waals surface area contributed by atoms with Crippen molar-refractivity contribution in [1.29, 1.82) is 0 Å². The molecule has 1 aliphatic carbocycles. The normalized spacial score (nSPS) is 27.2. The lowest BCUT2D eigenvalue weighted by atomic mass is 9.78. The van der Waals surface area contributed by atoms with Gasteiger partial charge in [0.2, 0.25) is 0 Å². The number of fused-ring (bicyclic) bond motifs is 1. The SMILES string of the molecule is OC1(C2Cc3ccccc3N2)CCCCC1. The molecule has 0 bridgehead atoms. The van der Waals surface area contributed by atoms with Gasteiger partial charge in [-0.3, -0.25) is 0 Å². The first-order valence-electron chi connectivity index (χ1n) is 6.35. The molecule has 0 aromatic heterocycles. The van der Waals surface area contributed by atoms with Crippen LogP contribution in [0.5, 0.6) is 0 Å². The average Bonchev–Trinajstić information content (AvgIpc) is 2.74. The summed E-state index contributed by atoms with van der Waals surface area (Å²) >= 11 is 0. The molecule has 1 aliphatic heterocycles. The minimum absolute atomic E-state index is 0.227. The van der Waals surface area contributed by atoms with E-state index in [-0.39, 0.29) is 6.04 Å². The van der Waals surface area contributed by atoms with E-state index in [4.69, 9.17) is 0 Å². The Hall–Kier alpha value is -1.02. The summed E-state index contributed by atoms with van der Waals surface area (Å²) in [5.74, 6) is 0. The Morgan fingerprint density at radius 3 is 2.62 bits per heavy atom. The fourth-order valence-corrected chi connectivity index (χ4v) is 3.13. The van der Waals surface area contributed by atoms with Crippen LogP contribution in [0.15, 0.2) is 24.3 Å².